The van der Waals surface area contributed by atoms with Gasteiger partial charge >= 0.3 is 12.1 Å². The lowest BCUT2D eigenvalue weighted by Gasteiger charge is -2.38. The van der Waals surface area contributed by atoms with E-state index in [2.05, 4.69) is 4.90 Å². The Morgan fingerprint density at radius 1 is 0.979 bits per heavy atom. The fourth-order valence-electron chi connectivity index (χ4n) is 5.35. The van der Waals surface area contributed by atoms with E-state index in [0.717, 1.165) is 61.7 Å². The molecule has 47 heavy (non-hydrogen) atoms. The first-order valence-corrected chi connectivity index (χ1v) is 17.2. The number of carboxylic acid groups (broad SMARTS) is 1. The lowest BCUT2D eigenvalue weighted by molar-refractivity contribution is -0.192. The third kappa shape index (κ3) is 10.1. The van der Waals surface area contributed by atoms with E-state index in [1.807, 2.05) is 53.3 Å². The zero-order chi connectivity index (χ0) is 34.5. The van der Waals surface area contributed by atoms with Gasteiger partial charge < -0.3 is 9.84 Å². The minimum Gasteiger partial charge on any atom is -0.493 e. The van der Waals surface area contributed by atoms with Crippen LogP contribution in [0.2, 0.25) is 10.0 Å². The van der Waals surface area contributed by atoms with Crippen LogP contribution in [-0.4, -0.2) is 62.4 Å². The molecule has 1 aliphatic carbocycles. The van der Waals surface area contributed by atoms with Crippen LogP contribution in [0.5, 0.6) is 5.75 Å². The quantitative estimate of drug-likeness (QED) is 0.225. The van der Waals surface area contributed by atoms with Gasteiger partial charge in [0.2, 0.25) is 10.0 Å². The number of rotatable bonds is 9. The maximum Gasteiger partial charge on any atom is 0.490 e. The molecule has 0 bridgehead atoms. The number of likely N-dealkylation sites (tertiary alicyclic amines) is 1. The first kappa shape index (κ1) is 36.4. The van der Waals surface area contributed by atoms with Gasteiger partial charge in [0.15, 0.2) is 0 Å². The largest absolute Gasteiger partial charge is 0.493 e. The topological polar surface area (TPSA) is 113 Å². The average molecular weight is 720 g/mol. The number of carbonyl (C=O) groups excluding carboxylic acids is 1. The first-order chi connectivity index (χ1) is 22.0. The van der Waals surface area contributed by atoms with E-state index in [4.69, 9.17) is 37.8 Å². The zero-order valence-electron chi connectivity index (χ0n) is 25.1. The van der Waals surface area contributed by atoms with Crippen molar-refractivity contribution in [2.45, 2.75) is 43.8 Å². The summed E-state index contributed by atoms with van der Waals surface area (Å²) in [6.45, 7) is 2.04. The zero-order valence-corrected chi connectivity index (χ0v) is 27.4. The highest BCUT2D eigenvalue weighted by Crippen LogP contribution is 2.45. The van der Waals surface area contributed by atoms with Crippen molar-refractivity contribution in [2.75, 3.05) is 26.0 Å². The lowest BCUT2D eigenvalue weighted by Crippen LogP contribution is -2.39. The van der Waals surface area contributed by atoms with Crippen molar-refractivity contribution in [2.24, 2.45) is 5.92 Å². The van der Waals surface area contributed by atoms with E-state index in [9.17, 15) is 30.8 Å². The lowest BCUT2D eigenvalue weighted by atomic mass is 9.91. The number of piperidine rings is 1. The van der Waals surface area contributed by atoms with Gasteiger partial charge in [-0.2, -0.15) is 13.2 Å². The Hall–Kier alpha value is -3.39. The van der Waals surface area contributed by atoms with Crippen molar-refractivity contribution in [3.8, 4) is 5.75 Å². The van der Waals surface area contributed by atoms with Crippen molar-refractivity contribution in [1.82, 2.24) is 9.62 Å². The van der Waals surface area contributed by atoms with Crippen molar-refractivity contribution in [3.63, 3.8) is 0 Å². The molecular weight excluding hydrogens is 687 g/mol. The number of ether oxygens (including phenoxy) is 1. The SMILES string of the molecule is CS(=O)(=O)NC(=O)c1cc(C2CC2)c(OCC2CCN(C(c3ccccc3Cl)c3ccccc3Cl)CC2)cc1F.O=C(O)C(F)(F)F. The number of halogens is 6. The van der Waals surface area contributed by atoms with Crippen molar-refractivity contribution in [1.29, 1.82) is 0 Å². The summed E-state index contributed by atoms with van der Waals surface area (Å²) >= 11 is 13.3. The van der Waals surface area contributed by atoms with Crippen LogP contribution in [0.15, 0.2) is 60.7 Å². The summed E-state index contributed by atoms with van der Waals surface area (Å²) in [6.07, 6.45) is -0.639. The van der Waals surface area contributed by atoms with Crippen molar-refractivity contribution >= 4 is 45.1 Å². The van der Waals surface area contributed by atoms with Crippen molar-refractivity contribution < 1.29 is 45.4 Å². The van der Waals surface area contributed by atoms with Crippen LogP contribution in [0.25, 0.3) is 0 Å². The van der Waals surface area contributed by atoms with E-state index in [1.54, 1.807) is 0 Å². The Labute approximate surface area is 279 Å². The summed E-state index contributed by atoms with van der Waals surface area (Å²) in [5.41, 5.74) is 2.47. The number of benzene rings is 3. The molecule has 1 aliphatic heterocycles. The number of amides is 1. The molecule has 1 saturated heterocycles. The highest BCUT2D eigenvalue weighted by Gasteiger charge is 2.38. The molecule has 254 valence electrons. The van der Waals surface area contributed by atoms with Crippen molar-refractivity contribution in [3.05, 3.63) is 98.8 Å². The monoisotopic (exact) mass is 718 g/mol. The van der Waals surface area contributed by atoms with E-state index < -0.39 is 33.9 Å². The molecule has 0 spiro atoms. The molecule has 1 heterocycles. The summed E-state index contributed by atoms with van der Waals surface area (Å²) in [6, 6.07) is 18.3. The third-order valence-electron chi connectivity index (χ3n) is 7.77. The molecule has 0 atom stereocenters. The van der Waals surface area contributed by atoms with Crippen LogP contribution in [-0.2, 0) is 14.8 Å². The molecule has 3 aromatic rings. The standard InChI is InChI=1S/C30H31Cl2FN2O4S.C2HF3O2/c1-40(37,38)34-30(36)24-16-23(20-10-11-20)28(17-27(24)33)39-18-19-12-14-35(15-13-19)29(21-6-2-4-8-25(21)31)22-7-3-5-9-26(22)32;3-2(4,5)1(6)7/h2-9,16-17,19-20,29H,10-15,18H2,1H3,(H,34,36);(H,6,7). The van der Waals surface area contributed by atoms with Crippen LogP contribution < -0.4 is 9.46 Å². The molecular formula is C32H32Cl2F4N2O6S. The van der Waals surface area contributed by atoms with Crippen LogP contribution >= 0.6 is 23.2 Å². The molecule has 5 rings (SSSR count). The van der Waals surface area contributed by atoms with Crippen LogP contribution in [0.1, 0.15) is 64.7 Å². The van der Waals surface area contributed by atoms with Crippen LogP contribution in [0, 0.1) is 11.7 Å². The molecule has 2 fully saturated rings. The second-order valence-corrected chi connectivity index (χ2v) is 13.9. The number of aliphatic carboxylic acids is 1. The first-order valence-electron chi connectivity index (χ1n) is 14.6. The highest BCUT2D eigenvalue weighted by atomic mass is 35.5. The maximum absolute atomic E-state index is 14.9. The van der Waals surface area contributed by atoms with Gasteiger partial charge in [-0.15, -0.1) is 0 Å². The van der Waals surface area contributed by atoms with E-state index in [0.29, 0.717) is 22.4 Å². The number of alkyl halides is 3. The fraction of sp³-hybridized carbons (Fsp3) is 0.375. The molecule has 2 N–H and O–H groups in total. The number of carboxylic acids is 1. The summed E-state index contributed by atoms with van der Waals surface area (Å²) in [5, 5.41) is 8.52. The Morgan fingerprint density at radius 2 is 1.49 bits per heavy atom. The molecule has 0 radical (unpaired) electrons. The van der Waals surface area contributed by atoms with Gasteiger partial charge in [0.25, 0.3) is 5.91 Å². The number of nitrogens with zero attached hydrogens (tertiary/aromatic N) is 1. The molecule has 1 saturated carbocycles. The Kier molecular flexibility index (Phi) is 11.8. The predicted octanol–water partition coefficient (Wildman–Crippen LogP) is 7.21. The molecule has 1 amide bonds. The molecule has 3 aromatic carbocycles. The Balaban J connectivity index is 0.000000644. The normalized spacial score (nSPS) is 15.9. The molecule has 0 unspecified atom stereocenters. The van der Waals surface area contributed by atoms with Gasteiger partial charge in [0, 0.05) is 16.1 Å². The molecule has 0 aromatic heterocycles. The van der Waals surface area contributed by atoms with Gasteiger partial charge in [-0.3, -0.25) is 9.69 Å². The number of nitrogens with one attached hydrogen (secondary N) is 1. The summed E-state index contributed by atoms with van der Waals surface area (Å²) in [7, 11) is -3.81. The van der Waals surface area contributed by atoms with Crippen LogP contribution in [0.4, 0.5) is 17.6 Å². The molecule has 15 heteroatoms. The second kappa shape index (κ2) is 15.2. The van der Waals surface area contributed by atoms with Gasteiger partial charge in [-0.25, -0.2) is 22.3 Å². The number of carbonyl (C=O) groups is 2. The average Bonchev–Trinajstić information content (AvgIpc) is 3.83. The smallest absolute Gasteiger partial charge is 0.490 e. The van der Waals surface area contributed by atoms with E-state index >= 15 is 0 Å². The summed E-state index contributed by atoms with van der Waals surface area (Å²) in [4.78, 5) is 23.6. The fourth-order valence-corrected chi connectivity index (χ4v) is 6.27. The minimum atomic E-state index is -5.08. The van der Waals surface area contributed by atoms with Crippen LogP contribution in [0.3, 0.4) is 0 Å². The Morgan fingerprint density at radius 3 is 1.94 bits per heavy atom. The van der Waals surface area contributed by atoms with Gasteiger partial charge in [-0.05, 0) is 85.5 Å². The predicted molar refractivity (Wildman–Crippen MR) is 169 cm³/mol. The summed E-state index contributed by atoms with van der Waals surface area (Å²) < 4.78 is 77.5. The number of sulfonamides is 1. The van der Waals surface area contributed by atoms with Gasteiger partial charge in [0.05, 0.1) is 24.5 Å². The third-order valence-corrected chi connectivity index (χ3v) is 9.01. The minimum absolute atomic E-state index is 0.0783. The molecule has 2 aliphatic rings. The molecule has 8 nitrogen and oxygen atoms in total. The van der Waals surface area contributed by atoms with E-state index in [-0.39, 0.29) is 23.4 Å². The highest BCUT2D eigenvalue weighted by molar-refractivity contribution is 7.89. The van der Waals surface area contributed by atoms with Gasteiger partial charge in [-0.1, -0.05) is 59.6 Å². The number of hydrogen-bond acceptors (Lipinski definition) is 6. The maximum atomic E-state index is 14.9. The second-order valence-electron chi connectivity index (χ2n) is 11.4. The Bertz CT molecular complexity index is 1670. The van der Waals surface area contributed by atoms with E-state index in [1.165, 1.54) is 12.1 Å². The van der Waals surface area contributed by atoms with Gasteiger partial charge in [0.1, 0.15) is 11.6 Å². The summed E-state index contributed by atoms with van der Waals surface area (Å²) in [5.74, 6) is -3.69. The number of hydrogen-bond donors (Lipinski definition) is 2.